The van der Waals surface area contributed by atoms with E-state index < -0.39 is 0 Å². The van der Waals surface area contributed by atoms with Gasteiger partial charge in [-0.1, -0.05) is 62.4 Å². The van der Waals surface area contributed by atoms with Crippen LogP contribution in [-0.4, -0.2) is 49.9 Å². The van der Waals surface area contributed by atoms with Gasteiger partial charge in [0.2, 0.25) is 11.8 Å². The van der Waals surface area contributed by atoms with Crippen LogP contribution in [0.1, 0.15) is 81.0 Å². The molecule has 188 valence electrons. The maximum absolute atomic E-state index is 11.9. The summed E-state index contributed by atoms with van der Waals surface area (Å²) in [5, 5.41) is 12.8. The van der Waals surface area contributed by atoms with Crippen LogP contribution in [0.4, 0.5) is 5.88 Å². The lowest BCUT2D eigenvalue weighted by Gasteiger charge is -2.29. The van der Waals surface area contributed by atoms with Crippen LogP contribution >= 0.6 is 0 Å². The SMILES string of the molecule is COC(=O)CN(C)c1oc(C(NCCCCCCO)C2CCCCC2)nc1Cc1ccccc1. The number of methoxy groups -OCH3 is 1. The average molecular weight is 472 g/mol. The van der Waals surface area contributed by atoms with Gasteiger partial charge in [0, 0.05) is 20.1 Å². The van der Waals surface area contributed by atoms with E-state index in [1.165, 1.54) is 39.2 Å². The Bertz CT molecular complexity index is 849. The van der Waals surface area contributed by atoms with Gasteiger partial charge in [0.1, 0.15) is 12.2 Å². The molecular weight excluding hydrogens is 430 g/mol. The zero-order valence-corrected chi connectivity index (χ0v) is 20.8. The topological polar surface area (TPSA) is 87.8 Å². The summed E-state index contributed by atoms with van der Waals surface area (Å²) in [6.45, 7) is 1.27. The molecule has 1 saturated carbocycles. The summed E-state index contributed by atoms with van der Waals surface area (Å²) in [4.78, 5) is 18.8. The van der Waals surface area contributed by atoms with Crippen LogP contribution in [0.15, 0.2) is 34.7 Å². The van der Waals surface area contributed by atoms with Gasteiger partial charge in [0.15, 0.2) is 0 Å². The number of oxazole rings is 1. The van der Waals surface area contributed by atoms with Crippen molar-refractivity contribution in [1.29, 1.82) is 0 Å². The highest BCUT2D eigenvalue weighted by Gasteiger charge is 2.31. The number of unbranched alkanes of at least 4 members (excludes halogenated alkanes) is 3. The third-order valence-corrected chi connectivity index (χ3v) is 6.68. The Labute approximate surface area is 203 Å². The fourth-order valence-corrected chi connectivity index (χ4v) is 4.80. The Morgan fingerprint density at radius 2 is 1.91 bits per heavy atom. The average Bonchev–Trinajstić information content (AvgIpc) is 3.28. The predicted molar refractivity (Wildman–Crippen MR) is 134 cm³/mol. The number of carbonyl (C=O) groups excluding carboxylic acids is 1. The lowest BCUT2D eigenvalue weighted by Crippen LogP contribution is -2.31. The Balaban J connectivity index is 1.82. The van der Waals surface area contributed by atoms with Crippen LogP contribution in [0, 0.1) is 5.92 Å². The number of hydrogen-bond donors (Lipinski definition) is 2. The molecule has 1 aliphatic rings. The number of carbonyl (C=O) groups is 1. The summed E-state index contributed by atoms with van der Waals surface area (Å²) in [6.07, 6.45) is 10.8. The summed E-state index contributed by atoms with van der Waals surface area (Å²) in [5.74, 6) is 1.54. The molecule has 34 heavy (non-hydrogen) atoms. The highest BCUT2D eigenvalue weighted by Crippen LogP contribution is 2.36. The third-order valence-electron chi connectivity index (χ3n) is 6.68. The van der Waals surface area contributed by atoms with Gasteiger partial charge in [-0.25, -0.2) is 4.98 Å². The second-order valence-electron chi connectivity index (χ2n) is 9.37. The van der Waals surface area contributed by atoms with Gasteiger partial charge in [-0.2, -0.15) is 0 Å². The predicted octanol–water partition coefficient (Wildman–Crippen LogP) is 4.64. The van der Waals surface area contributed by atoms with Crippen molar-refractivity contribution in [3.63, 3.8) is 0 Å². The number of hydrogen-bond acceptors (Lipinski definition) is 7. The largest absolute Gasteiger partial charge is 0.468 e. The van der Waals surface area contributed by atoms with E-state index >= 15 is 0 Å². The van der Waals surface area contributed by atoms with E-state index in [4.69, 9.17) is 19.2 Å². The van der Waals surface area contributed by atoms with E-state index in [1.807, 2.05) is 25.2 Å². The second-order valence-corrected chi connectivity index (χ2v) is 9.37. The minimum Gasteiger partial charge on any atom is -0.468 e. The summed E-state index contributed by atoms with van der Waals surface area (Å²) in [5.41, 5.74) is 2.00. The lowest BCUT2D eigenvalue weighted by molar-refractivity contribution is -0.138. The van der Waals surface area contributed by atoms with Gasteiger partial charge in [-0.05, 0) is 43.7 Å². The van der Waals surface area contributed by atoms with Crippen molar-refractivity contribution in [3.8, 4) is 0 Å². The highest BCUT2D eigenvalue weighted by molar-refractivity contribution is 5.75. The highest BCUT2D eigenvalue weighted by atomic mass is 16.5. The van der Waals surface area contributed by atoms with E-state index in [0.717, 1.165) is 49.4 Å². The Morgan fingerprint density at radius 1 is 1.18 bits per heavy atom. The summed E-state index contributed by atoms with van der Waals surface area (Å²) < 4.78 is 11.3. The van der Waals surface area contributed by atoms with Crippen molar-refractivity contribution in [2.24, 2.45) is 5.92 Å². The van der Waals surface area contributed by atoms with Crippen molar-refractivity contribution in [3.05, 3.63) is 47.5 Å². The lowest BCUT2D eigenvalue weighted by atomic mass is 9.83. The second kappa shape index (κ2) is 14.1. The molecule has 0 bridgehead atoms. The number of nitrogens with zero attached hydrogens (tertiary/aromatic N) is 2. The van der Waals surface area contributed by atoms with Crippen molar-refractivity contribution >= 4 is 11.9 Å². The molecule has 1 aromatic carbocycles. The molecule has 7 nitrogen and oxygen atoms in total. The minimum absolute atomic E-state index is 0.0629. The molecule has 0 aliphatic heterocycles. The number of likely N-dealkylation sites (N-methyl/N-ethyl adjacent to an activating group) is 1. The molecule has 1 unspecified atom stereocenters. The monoisotopic (exact) mass is 471 g/mol. The number of aliphatic hydroxyl groups excluding tert-OH is 1. The molecule has 0 spiro atoms. The molecule has 0 amide bonds. The quantitative estimate of drug-likeness (QED) is 0.307. The molecule has 1 fully saturated rings. The van der Waals surface area contributed by atoms with Crippen LogP contribution in [0.3, 0.4) is 0 Å². The molecule has 1 atom stereocenters. The molecule has 2 aromatic rings. The van der Waals surface area contributed by atoms with Crippen LogP contribution in [-0.2, 0) is 16.0 Å². The van der Waals surface area contributed by atoms with Crippen molar-refractivity contribution in [1.82, 2.24) is 10.3 Å². The van der Waals surface area contributed by atoms with Gasteiger partial charge < -0.3 is 24.5 Å². The van der Waals surface area contributed by atoms with Crippen molar-refractivity contribution in [2.45, 2.75) is 70.3 Å². The molecule has 1 heterocycles. The Hall–Kier alpha value is -2.38. The van der Waals surface area contributed by atoms with Crippen LogP contribution < -0.4 is 10.2 Å². The number of rotatable bonds is 14. The molecule has 0 saturated heterocycles. The zero-order valence-electron chi connectivity index (χ0n) is 20.8. The van der Waals surface area contributed by atoms with Crippen molar-refractivity contribution in [2.75, 3.05) is 38.8 Å². The first-order chi connectivity index (χ1) is 16.6. The van der Waals surface area contributed by atoms with Gasteiger partial charge in [-0.15, -0.1) is 0 Å². The van der Waals surface area contributed by atoms with Gasteiger partial charge in [0.05, 0.1) is 13.2 Å². The molecule has 7 heteroatoms. The number of nitrogens with one attached hydrogen (secondary N) is 1. The Kier molecular flexibility index (Phi) is 10.9. The first-order valence-electron chi connectivity index (χ1n) is 12.8. The van der Waals surface area contributed by atoms with Gasteiger partial charge in [-0.3, -0.25) is 4.79 Å². The van der Waals surface area contributed by atoms with Crippen molar-refractivity contribution < 1.29 is 19.1 Å². The molecule has 1 aromatic heterocycles. The number of aromatic nitrogens is 1. The Morgan fingerprint density at radius 3 is 2.62 bits per heavy atom. The molecule has 3 rings (SSSR count). The van der Waals surface area contributed by atoms with Crippen LogP contribution in [0.2, 0.25) is 0 Å². The molecule has 0 radical (unpaired) electrons. The molecule has 1 aliphatic carbocycles. The normalized spacial score (nSPS) is 15.3. The smallest absolute Gasteiger partial charge is 0.325 e. The fraction of sp³-hybridized carbons (Fsp3) is 0.630. The number of aliphatic hydroxyl groups is 1. The number of ether oxygens (including phenoxy) is 1. The number of benzene rings is 1. The van der Waals surface area contributed by atoms with E-state index in [1.54, 1.807) is 4.90 Å². The van der Waals surface area contributed by atoms with E-state index in [9.17, 15) is 4.79 Å². The van der Waals surface area contributed by atoms with Gasteiger partial charge >= 0.3 is 5.97 Å². The maximum atomic E-state index is 11.9. The number of anilines is 1. The zero-order chi connectivity index (χ0) is 24.2. The number of esters is 1. The fourth-order valence-electron chi connectivity index (χ4n) is 4.80. The molecule has 2 N–H and O–H groups in total. The first kappa shape index (κ1) is 26.2. The van der Waals surface area contributed by atoms with Gasteiger partial charge in [0.25, 0.3) is 0 Å². The van der Waals surface area contributed by atoms with E-state index in [0.29, 0.717) is 18.2 Å². The summed E-state index contributed by atoms with van der Waals surface area (Å²) in [7, 11) is 3.25. The standard InChI is InChI=1S/C27H41N3O4/c1-30(20-24(32)33-2)27-23(19-21-13-7-5-8-14-21)29-26(34-27)25(22-15-9-6-10-16-22)28-17-11-3-4-12-18-31/h5,7-8,13-14,22,25,28,31H,3-4,6,9-12,15-20H2,1-2H3. The third kappa shape index (κ3) is 7.84. The van der Waals surface area contributed by atoms with Crippen LogP contribution in [0.25, 0.3) is 0 Å². The summed E-state index contributed by atoms with van der Waals surface area (Å²) >= 11 is 0. The van der Waals surface area contributed by atoms with Crippen LogP contribution in [0.5, 0.6) is 0 Å². The molecular formula is C27H41N3O4. The van der Waals surface area contributed by atoms with E-state index in [2.05, 4.69) is 17.4 Å². The minimum atomic E-state index is -0.309. The summed E-state index contributed by atoms with van der Waals surface area (Å²) in [6, 6.07) is 10.3. The first-order valence-corrected chi connectivity index (χ1v) is 12.8. The van der Waals surface area contributed by atoms with E-state index in [-0.39, 0.29) is 25.2 Å². The maximum Gasteiger partial charge on any atom is 0.325 e.